The summed E-state index contributed by atoms with van der Waals surface area (Å²) in [6.45, 7) is 2.98. The van der Waals surface area contributed by atoms with Crippen LogP contribution in [0.4, 0.5) is 5.69 Å². The van der Waals surface area contributed by atoms with Crippen LogP contribution in [0.5, 0.6) is 0 Å². The smallest absolute Gasteiger partial charge is 0.278 e. The van der Waals surface area contributed by atoms with E-state index in [-0.39, 0.29) is 11.5 Å². The van der Waals surface area contributed by atoms with Crippen molar-refractivity contribution in [2.45, 2.75) is 11.7 Å². The third-order valence-electron chi connectivity index (χ3n) is 5.59. The number of amides is 2. The number of piperazine rings is 1. The highest BCUT2D eigenvalue weighted by atomic mass is 35.5. The molecule has 170 valence electrons. The molecular formula is C24H24ClN5O2S. The Labute approximate surface area is 202 Å². The first-order valence-corrected chi connectivity index (χ1v) is 11.9. The van der Waals surface area contributed by atoms with Crippen LogP contribution in [-0.4, -0.2) is 60.2 Å². The average Bonchev–Trinajstić information content (AvgIpc) is 3.12. The molecule has 0 bridgehead atoms. The first kappa shape index (κ1) is 23.3. The number of carbonyl (C=O) groups is 2. The third kappa shape index (κ3) is 5.40. The predicted octanol–water partition coefficient (Wildman–Crippen LogP) is 3.04. The summed E-state index contributed by atoms with van der Waals surface area (Å²) in [6.07, 6.45) is 0.440. The molecule has 0 spiro atoms. The monoisotopic (exact) mass is 481 g/mol. The van der Waals surface area contributed by atoms with E-state index in [0.717, 1.165) is 18.7 Å². The van der Waals surface area contributed by atoms with Crippen LogP contribution in [0, 0.1) is 11.3 Å². The molecule has 4 rings (SSSR count). The summed E-state index contributed by atoms with van der Waals surface area (Å²) in [5.41, 5.74) is 4.32. The molecule has 7 nitrogen and oxygen atoms in total. The highest BCUT2D eigenvalue weighted by Crippen LogP contribution is 2.42. The van der Waals surface area contributed by atoms with Crippen molar-refractivity contribution in [2.24, 2.45) is 0 Å². The molecule has 2 aromatic rings. The van der Waals surface area contributed by atoms with Gasteiger partial charge in [-0.25, -0.2) is 5.01 Å². The Bertz CT molecular complexity index is 1110. The maximum atomic E-state index is 13.5. The van der Waals surface area contributed by atoms with Gasteiger partial charge in [-0.05, 0) is 43.3 Å². The lowest BCUT2D eigenvalue weighted by atomic mass is 10.1. The minimum atomic E-state index is -0.498. The van der Waals surface area contributed by atoms with Crippen molar-refractivity contribution in [1.82, 2.24) is 15.3 Å². The van der Waals surface area contributed by atoms with E-state index in [4.69, 9.17) is 11.6 Å². The molecule has 9 heteroatoms. The van der Waals surface area contributed by atoms with E-state index in [0.29, 0.717) is 35.2 Å². The number of hydrazine groups is 1. The number of halogens is 1. The second-order valence-electron chi connectivity index (χ2n) is 7.97. The maximum absolute atomic E-state index is 13.5. The van der Waals surface area contributed by atoms with Crippen molar-refractivity contribution in [2.75, 3.05) is 38.1 Å². The molecule has 0 radical (unpaired) electrons. The van der Waals surface area contributed by atoms with Crippen LogP contribution in [0.2, 0.25) is 5.02 Å². The molecule has 2 aliphatic rings. The van der Waals surface area contributed by atoms with Gasteiger partial charge in [0.1, 0.15) is 16.7 Å². The van der Waals surface area contributed by atoms with Gasteiger partial charge in [-0.15, -0.1) is 0 Å². The molecule has 1 unspecified atom stereocenters. The fourth-order valence-corrected chi connectivity index (χ4v) is 5.32. The number of nitrogens with one attached hydrogen (secondary N) is 1. The fourth-order valence-electron chi connectivity index (χ4n) is 3.79. The van der Waals surface area contributed by atoms with E-state index in [1.165, 1.54) is 16.7 Å². The Morgan fingerprint density at radius 2 is 1.88 bits per heavy atom. The minimum absolute atomic E-state index is 0.0651. The van der Waals surface area contributed by atoms with E-state index < -0.39 is 11.2 Å². The molecule has 2 aliphatic heterocycles. The summed E-state index contributed by atoms with van der Waals surface area (Å²) in [6, 6.07) is 18.5. The normalized spacial score (nSPS) is 21.1. The van der Waals surface area contributed by atoms with Gasteiger partial charge in [-0.1, -0.05) is 53.7 Å². The van der Waals surface area contributed by atoms with Gasteiger partial charge in [0.05, 0.1) is 5.25 Å². The van der Waals surface area contributed by atoms with Gasteiger partial charge in [0.25, 0.3) is 5.91 Å². The van der Waals surface area contributed by atoms with Crippen LogP contribution in [-0.2, 0) is 16.0 Å². The topological polar surface area (TPSA) is 79.7 Å². The molecule has 0 aromatic heterocycles. The van der Waals surface area contributed by atoms with E-state index in [2.05, 4.69) is 16.4 Å². The lowest BCUT2D eigenvalue weighted by molar-refractivity contribution is -0.122. The van der Waals surface area contributed by atoms with Crippen molar-refractivity contribution < 1.29 is 9.59 Å². The van der Waals surface area contributed by atoms with Gasteiger partial charge < -0.3 is 4.90 Å². The van der Waals surface area contributed by atoms with Gasteiger partial charge in [0.2, 0.25) is 5.91 Å². The summed E-state index contributed by atoms with van der Waals surface area (Å²) in [4.78, 5) is 30.2. The molecule has 1 N–H and O–H groups in total. The lowest BCUT2D eigenvalue weighted by Crippen LogP contribution is -2.53. The molecule has 2 saturated heterocycles. The van der Waals surface area contributed by atoms with E-state index >= 15 is 0 Å². The van der Waals surface area contributed by atoms with Gasteiger partial charge in [0, 0.05) is 36.9 Å². The Kier molecular flexibility index (Phi) is 7.36. The van der Waals surface area contributed by atoms with Gasteiger partial charge in [-0.3, -0.25) is 19.9 Å². The predicted molar refractivity (Wildman–Crippen MR) is 130 cm³/mol. The van der Waals surface area contributed by atoms with Gasteiger partial charge in [0.15, 0.2) is 0 Å². The number of nitrogens with zero attached hydrogens (tertiary/aromatic N) is 4. The number of rotatable bonds is 5. The van der Waals surface area contributed by atoms with Crippen molar-refractivity contribution >= 4 is 40.9 Å². The molecule has 2 heterocycles. The minimum Gasteiger partial charge on any atom is -0.304 e. The van der Waals surface area contributed by atoms with Crippen LogP contribution in [0.25, 0.3) is 0 Å². The molecule has 0 saturated carbocycles. The zero-order valence-electron chi connectivity index (χ0n) is 18.2. The molecule has 33 heavy (non-hydrogen) atoms. The highest BCUT2D eigenvalue weighted by Gasteiger charge is 2.41. The zero-order valence-corrected chi connectivity index (χ0v) is 19.8. The first-order valence-electron chi connectivity index (χ1n) is 10.6. The SMILES string of the molecule is CN1CCN(NC(=O)/C(C#N)=C2\SC(Cc3cccc(Cl)c3)C(=O)N2c2ccccc2)CC1. The molecule has 2 amide bonds. The van der Waals surface area contributed by atoms with Crippen LogP contribution >= 0.6 is 23.4 Å². The molecule has 1 atom stereocenters. The summed E-state index contributed by atoms with van der Waals surface area (Å²) in [5, 5.41) is 12.2. The number of benzene rings is 2. The molecule has 2 fully saturated rings. The van der Waals surface area contributed by atoms with Crippen LogP contribution in [0.3, 0.4) is 0 Å². The van der Waals surface area contributed by atoms with E-state index in [9.17, 15) is 14.9 Å². The van der Waals surface area contributed by atoms with Gasteiger partial charge in [-0.2, -0.15) is 5.26 Å². The Hall–Kier alpha value is -2.83. The Morgan fingerprint density at radius 1 is 1.15 bits per heavy atom. The fraction of sp³-hybridized carbons (Fsp3) is 0.292. The molecule has 0 aliphatic carbocycles. The van der Waals surface area contributed by atoms with Crippen LogP contribution in [0.1, 0.15) is 5.56 Å². The van der Waals surface area contributed by atoms with E-state index in [1.54, 1.807) is 18.2 Å². The van der Waals surface area contributed by atoms with Crippen molar-refractivity contribution in [3.8, 4) is 6.07 Å². The zero-order chi connectivity index (χ0) is 23.4. The second-order valence-corrected chi connectivity index (χ2v) is 9.60. The van der Waals surface area contributed by atoms with Crippen LogP contribution < -0.4 is 10.3 Å². The lowest BCUT2D eigenvalue weighted by Gasteiger charge is -2.32. The number of hydrogen-bond donors (Lipinski definition) is 1. The molecular weight excluding hydrogens is 458 g/mol. The standard InChI is InChI=1S/C24H24ClN5O2S/c1-28-10-12-29(13-11-28)27-22(31)20(16-26)24-30(19-8-3-2-4-9-19)23(32)21(33-24)15-17-6-5-7-18(25)14-17/h2-9,14,21H,10-13,15H2,1H3,(H,27,31)/b24-20-. The number of carbonyl (C=O) groups excluding carboxylic acids is 2. The largest absolute Gasteiger partial charge is 0.304 e. The number of nitriles is 1. The summed E-state index contributed by atoms with van der Waals surface area (Å²) in [5.74, 6) is -0.664. The Morgan fingerprint density at radius 3 is 2.55 bits per heavy atom. The maximum Gasteiger partial charge on any atom is 0.278 e. The number of likely N-dealkylation sites (N-methyl/N-ethyl adjacent to an activating group) is 1. The Balaban J connectivity index is 1.64. The van der Waals surface area contributed by atoms with Crippen molar-refractivity contribution in [3.63, 3.8) is 0 Å². The first-order chi connectivity index (χ1) is 16.0. The second kappa shape index (κ2) is 10.4. The summed E-state index contributed by atoms with van der Waals surface area (Å²) >= 11 is 7.37. The quantitative estimate of drug-likeness (QED) is 0.522. The van der Waals surface area contributed by atoms with E-state index in [1.807, 2.05) is 48.5 Å². The summed E-state index contributed by atoms with van der Waals surface area (Å²) in [7, 11) is 2.03. The number of para-hydroxylation sites is 1. The highest BCUT2D eigenvalue weighted by molar-refractivity contribution is 8.05. The van der Waals surface area contributed by atoms with Crippen molar-refractivity contribution in [3.05, 3.63) is 75.8 Å². The number of anilines is 1. The van der Waals surface area contributed by atoms with Gasteiger partial charge >= 0.3 is 0 Å². The summed E-state index contributed by atoms with van der Waals surface area (Å²) < 4.78 is 0. The average molecular weight is 482 g/mol. The molecule has 2 aromatic carbocycles. The third-order valence-corrected chi connectivity index (χ3v) is 7.09. The van der Waals surface area contributed by atoms with Crippen LogP contribution in [0.15, 0.2) is 65.2 Å². The number of hydrogen-bond acceptors (Lipinski definition) is 6. The number of thioether (sulfide) groups is 1. The van der Waals surface area contributed by atoms with Crippen molar-refractivity contribution in [1.29, 1.82) is 5.26 Å².